The minimum Gasteiger partial charge on any atom is -0.365 e. The van der Waals surface area contributed by atoms with E-state index in [4.69, 9.17) is 0 Å². The van der Waals surface area contributed by atoms with Gasteiger partial charge in [-0.05, 0) is 61.6 Å². The molecule has 0 N–H and O–H groups in total. The third kappa shape index (κ3) is 4.71. The molecule has 33 heavy (non-hydrogen) atoms. The molecule has 2 atom stereocenters. The van der Waals surface area contributed by atoms with E-state index in [0.29, 0.717) is 36.4 Å². The van der Waals surface area contributed by atoms with Crippen LogP contribution < -0.4 is 4.90 Å². The quantitative estimate of drug-likeness (QED) is 0.492. The Morgan fingerprint density at radius 1 is 1.27 bits per heavy atom. The van der Waals surface area contributed by atoms with Crippen molar-refractivity contribution >= 4 is 15.5 Å². The van der Waals surface area contributed by atoms with E-state index in [1.807, 2.05) is 49.0 Å². The first-order chi connectivity index (χ1) is 15.8. The van der Waals surface area contributed by atoms with Gasteiger partial charge in [-0.1, -0.05) is 23.8 Å². The van der Waals surface area contributed by atoms with Gasteiger partial charge in [-0.15, -0.1) is 6.58 Å². The van der Waals surface area contributed by atoms with Crippen LogP contribution in [0.5, 0.6) is 0 Å². The molecule has 4 rings (SSSR count). The molecule has 1 aromatic heterocycles. The Morgan fingerprint density at radius 2 is 2.03 bits per heavy atom. The lowest BCUT2D eigenvalue weighted by molar-refractivity contribution is 0.442. The number of aromatic nitrogens is 2. The van der Waals surface area contributed by atoms with Crippen molar-refractivity contribution in [3.05, 3.63) is 90.0 Å². The zero-order valence-electron chi connectivity index (χ0n) is 19.0. The molecule has 1 aliphatic rings. The van der Waals surface area contributed by atoms with Crippen molar-refractivity contribution in [2.45, 2.75) is 36.5 Å². The van der Waals surface area contributed by atoms with E-state index in [2.05, 4.69) is 22.5 Å². The number of imidazole rings is 1. The average molecular weight is 461 g/mol. The van der Waals surface area contributed by atoms with Gasteiger partial charge in [0.25, 0.3) is 0 Å². The van der Waals surface area contributed by atoms with Crippen LogP contribution in [-0.4, -0.2) is 29.8 Å². The number of aryl methyl sites for hydroxylation is 1. The summed E-state index contributed by atoms with van der Waals surface area (Å²) in [6.07, 6.45) is 4.59. The van der Waals surface area contributed by atoms with Crippen LogP contribution in [0.1, 0.15) is 30.2 Å². The zero-order chi connectivity index (χ0) is 23.6. The highest BCUT2D eigenvalue weighted by Gasteiger charge is 2.38. The average Bonchev–Trinajstić information content (AvgIpc) is 3.21. The van der Waals surface area contributed by atoms with Crippen molar-refractivity contribution < 1.29 is 8.42 Å². The van der Waals surface area contributed by atoms with Crippen LogP contribution in [0.3, 0.4) is 0 Å². The van der Waals surface area contributed by atoms with Gasteiger partial charge in [-0.3, -0.25) is 0 Å². The standard InChI is InChI=1S/C26H28N4O2S/c1-19(2)11-26(33(31,32)24-7-5-4-6-8-24)22-13-21-12-20(14-27)9-10-25(21)30(16-22)17-23-15-28-18-29(23)3/h4-10,12,15,18,22,26H,1,11,13,16-17H2,2-3H3. The second-order valence-corrected chi connectivity index (χ2v) is 11.0. The van der Waals surface area contributed by atoms with Gasteiger partial charge in [0.05, 0.1) is 40.3 Å². The molecule has 1 aliphatic heterocycles. The Kier molecular flexibility index (Phi) is 6.39. The fourth-order valence-corrected chi connectivity index (χ4v) is 6.72. The smallest absolute Gasteiger partial charge is 0.181 e. The lowest BCUT2D eigenvalue weighted by atomic mass is 9.87. The molecule has 6 nitrogen and oxygen atoms in total. The first kappa shape index (κ1) is 22.8. The summed E-state index contributed by atoms with van der Waals surface area (Å²) < 4.78 is 29.5. The van der Waals surface area contributed by atoms with Crippen molar-refractivity contribution in [2.24, 2.45) is 13.0 Å². The number of rotatable bonds is 7. The Hall–Kier alpha value is -3.37. The Morgan fingerprint density at radius 3 is 2.67 bits per heavy atom. The first-order valence-electron chi connectivity index (χ1n) is 11.0. The number of sulfone groups is 1. The Balaban J connectivity index is 1.77. The highest BCUT2D eigenvalue weighted by atomic mass is 32.2. The second kappa shape index (κ2) is 9.24. The van der Waals surface area contributed by atoms with Gasteiger partial charge >= 0.3 is 0 Å². The van der Waals surface area contributed by atoms with E-state index in [1.54, 1.807) is 30.6 Å². The van der Waals surface area contributed by atoms with E-state index < -0.39 is 15.1 Å². The van der Waals surface area contributed by atoms with Gasteiger partial charge in [0, 0.05) is 25.5 Å². The van der Waals surface area contributed by atoms with Crippen LogP contribution in [0.15, 0.2) is 78.1 Å². The molecule has 0 saturated carbocycles. The second-order valence-electron chi connectivity index (χ2n) is 8.85. The molecule has 0 fully saturated rings. The van der Waals surface area contributed by atoms with E-state index in [0.717, 1.165) is 22.5 Å². The van der Waals surface area contributed by atoms with Gasteiger partial charge in [0.2, 0.25) is 0 Å². The number of anilines is 1. The van der Waals surface area contributed by atoms with Crippen molar-refractivity contribution in [2.75, 3.05) is 11.4 Å². The van der Waals surface area contributed by atoms with Gasteiger partial charge < -0.3 is 9.47 Å². The van der Waals surface area contributed by atoms with Crippen molar-refractivity contribution in [1.82, 2.24) is 9.55 Å². The maximum atomic E-state index is 13.8. The molecule has 7 heteroatoms. The maximum Gasteiger partial charge on any atom is 0.181 e. The zero-order valence-corrected chi connectivity index (χ0v) is 19.8. The van der Waals surface area contributed by atoms with Crippen molar-refractivity contribution in [3.8, 4) is 6.07 Å². The first-order valence-corrected chi connectivity index (χ1v) is 12.5. The summed E-state index contributed by atoms with van der Waals surface area (Å²) in [5.74, 6) is -0.151. The number of fused-ring (bicyclic) bond motifs is 1. The molecule has 0 radical (unpaired) electrons. The lowest BCUT2D eigenvalue weighted by Crippen LogP contribution is -2.43. The minimum absolute atomic E-state index is 0.151. The van der Waals surface area contributed by atoms with Crippen LogP contribution in [-0.2, 0) is 29.9 Å². The molecule has 3 aromatic rings. The van der Waals surface area contributed by atoms with Crippen LogP contribution in [0.4, 0.5) is 5.69 Å². The van der Waals surface area contributed by atoms with Gasteiger partial charge in [0.1, 0.15) is 0 Å². The van der Waals surface area contributed by atoms with E-state index >= 15 is 0 Å². The number of nitriles is 1. The number of allylic oxidation sites excluding steroid dienone is 1. The van der Waals surface area contributed by atoms with Gasteiger partial charge in [0.15, 0.2) is 9.84 Å². The highest BCUT2D eigenvalue weighted by molar-refractivity contribution is 7.92. The number of benzene rings is 2. The molecular formula is C26H28N4O2S. The molecule has 2 aromatic carbocycles. The topological polar surface area (TPSA) is 79.0 Å². The molecule has 2 unspecified atom stereocenters. The molecule has 0 spiro atoms. The SMILES string of the molecule is C=C(C)CC(C1Cc2cc(C#N)ccc2N(Cc2cncn2C)C1)S(=O)(=O)c1ccccc1. The highest BCUT2D eigenvalue weighted by Crippen LogP contribution is 2.37. The molecule has 0 saturated heterocycles. The molecule has 0 bridgehead atoms. The van der Waals surface area contributed by atoms with E-state index in [1.165, 1.54) is 0 Å². The lowest BCUT2D eigenvalue weighted by Gasteiger charge is -2.39. The molecule has 170 valence electrons. The van der Waals surface area contributed by atoms with E-state index in [-0.39, 0.29) is 5.92 Å². The molecular weight excluding hydrogens is 432 g/mol. The maximum absolute atomic E-state index is 13.8. The predicted octanol–water partition coefficient (Wildman–Crippen LogP) is 4.28. The predicted molar refractivity (Wildman–Crippen MR) is 129 cm³/mol. The van der Waals surface area contributed by atoms with Gasteiger partial charge in [-0.2, -0.15) is 5.26 Å². The summed E-state index contributed by atoms with van der Waals surface area (Å²) in [7, 11) is -1.63. The van der Waals surface area contributed by atoms with E-state index in [9.17, 15) is 13.7 Å². The molecule has 2 heterocycles. The van der Waals surface area contributed by atoms with Crippen LogP contribution in [0.25, 0.3) is 0 Å². The fraction of sp³-hybridized carbons (Fsp3) is 0.308. The monoisotopic (exact) mass is 460 g/mol. The Labute approximate surface area is 195 Å². The normalized spacial score (nSPS) is 16.6. The summed E-state index contributed by atoms with van der Waals surface area (Å²) in [6, 6.07) is 16.6. The number of hydrogen-bond donors (Lipinski definition) is 0. The number of nitrogens with zero attached hydrogens (tertiary/aromatic N) is 4. The van der Waals surface area contributed by atoms with Crippen LogP contribution >= 0.6 is 0 Å². The third-order valence-electron chi connectivity index (χ3n) is 6.30. The fourth-order valence-electron chi connectivity index (χ4n) is 4.64. The Bertz CT molecular complexity index is 1310. The molecule has 0 amide bonds. The van der Waals surface area contributed by atoms with Crippen LogP contribution in [0.2, 0.25) is 0 Å². The number of hydrogen-bond acceptors (Lipinski definition) is 5. The largest absolute Gasteiger partial charge is 0.365 e. The van der Waals surface area contributed by atoms with Crippen molar-refractivity contribution in [1.29, 1.82) is 5.26 Å². The summed E-state index contributed by atoms with van der Waals surface area (Å²) in [6.45, 7) is 7.11. The van der Waals surface area contributed by atoms with Crippen LogP contribution in [0, 0.1) is 17.2 Å². The summed E-state index contributed by atoms with van der Waals surface area (Å²) in [5, 5.41) is 8.83. The third-order valence-corrected chi connectivity index (χ3v) is 8.58. The summed E-state index contributed by atoms with van der Waals surface area (Å²) in [4.78, 5) is 6.78. The van der Waals surface area contributed by atoms with Gasteiger partial charge in [-0.25, -0.2) is 13.4 Å². The molecule has 0 aliphatic carbocycles. The summed E-state index contributed by atoms with van der Waals surface area (Å²) >= 11 is 0. The summed E-state index contributed by atoms with van der Waals surface area (Å²) in [5.41, 5.74) is 4.50. The van der Waals surface area contributed by atoms with Crippen molar-refractivity contribution in [3.63, 3.8) is 0 Å². The minimum atomic E-state index is -3.58.